The van der Waals surface area contributed by atoms with Gasteiger partial charge in [-0.1, -0.05) is 0 Å². The molecule has 0 N–H and O–H groups in total. The second kappa shape index (κ2) is 8.40. The second-order valence-electron chi connectivity index (χ2n) is 5.93. The van der Waals surface area contributed by atoms with E-state index in [0.717, 1.165) is 13.8 Å². The normalized spacial score (nSPS) is 15.7. The summed E-state index contributed by atoms with van der Waals surface area (Å²) in [6.45, 7) is 0.424. The third-order valence-electron chi connectivity index (χ3n) is 3.77. The van der Waals surface area contributed by atoms with Gasteiger partial charge in [-0.15, -0.1) is 0 Å². The van der Waals surface area contributed by atoms with Crippen molar-refractivity contribution in [2.24, 2.45) is 0 Å². The van der Waals surface area contributed by atoms with Crippen LogP contribution in [-0.2, 0) is 8.85 Å². The van der Waals surface area contributed by atoms with Crippen LogP contribution in [0.3, 0.4) is 0 Å². The van der Waals surface area contributed by atoms with Gasteiger partial charge in [0, 0.05) is 26.1 Å². The predicted molar refractivity (Wildman–Crippen MR) is 74.9 cm³/mol. The van der Waals surface area contributed by atoms with Crippen LogP contribution in [0.25, 0.3) is 0 Å². The first-order valence-corrected chi connectivity index (χ1v) is 10.1. The zero-order chi connectivity index (χ0) is 23.7. The van der Waals surface area contributed by atoms with Crippen molar-refractivity contribution in [3.63, 3.8) is 0 Å². The molecule has 0 aliphatic carbocycles. The van der Waals surface area contributed by atoms with Crippen LogP contribution in [0, 0.1) is 0 Å². The van der Waals surface area contributed by atoms with Gasteiger partial charge in [0.25, 0.3) is 0 Å². The van der Waals surface area contributed by atoms with Crippen molar-refractivity contribution in [1.29, 1.82) is 0 Å². The van der Waals surface area contributed by atoms with Crippen LogP contribution in [0.2, 0.25) is 6.55 Å². The highest BCUT2D eigenvalue weighted by Gasteiger charge is 2.89. The first-order valence-electron chi connectivity index (χ1n) is 7.81. The van der Waals surface area contributed by atoms with Crippen LogP contribution < -0.4 is 0 Å². The van der Waals surface area contributed by atoms with Gasteiger partial charge in [-0.2, -0.15) is 57.1 Å². The maximum atomic E-state index is 14.2. The van der Waals surface area contributed by atoms with Gasteiger partial charge >= 0.3 is 44.0 Å². The summed E-state index contributed by atoms with van der Waals surface area (Å²) in [5.74, 6) is -28.3. The molecule has 0 unspecified atom stereocenters. The highest BCUT2D eigenvalue weighted by atomic mass is 28.4. The minimum absolute atomic E-state index is 0.129. The average Bonchev–Trinajstić information content (AvgIpc) is 2.52. The van der Waals surface area contributed by atoms with Gasteiger partial charge in [-0.05, 0) is 20.4 Å². The molecular weight excluding hydrogens is 463 g/mol. The summed E-state index contributed by atoms with van der Waals surface area (Å²) in [5.41, 5.74) is -6.18. The lowest BCUT2D eigenvalue weighted by atomic mass is 9.95. The van der Waals surface area contributed by atoms with E-state index in [-0.39, 0.29) is 6.55 Å². The Morgan fingerprint density at radius 1 is 0.586 bits per heavy atom. The number of hydrogen-bond acceptors (Lipinski definition) is 2. The van der Waals surface area contributed by atoms with Crippen molar-refractivity contribution < 1.29 is 65.9 Å². The molecule has 16 heteroatoms. The van der Waals surface area contributed by atoms with E-state index in [1.54, 1.807) is 0 Å². The molecule has 2 nitrogen and oxygen atoms in total. The molecule has 0 aromatic carbocycles. The predicted octanol–water partition coefficient (Wildman–Crippen LogP) is 6.19. The van der Waals surface area contributed by atoms with Gasteiger partial charge in [0.1, 0.15) is 0 Å². The molecule has 0 atom stereocenters. The fraction of sp³-hybridized carbons (Fsp3) is 1.00. The van der Waals surface area contributed by atoms with E-state index in [4.69, 9.17) is 0 Å². The highest BCUT2D eigenvalue weighted by molar-refractivity contribution is 6.69. The lowest BCUT2D eigenvalue weighted by Crippen LogP contribution is -2.74. The zero-order valence-corrected chi connectivity index (χ0v) is 16.1. The van der Waals surface area contributed by atoms with Crippen molar-refractivity contribution >= 4 is 8.56 Å². The number of alkyl halides is 13. The van der Waals surface area contributed by atoms with Crippen LogP contribution in [0.1, 0.15) is 26.7 Å². The molecule has 0 aromatic rings. The van der Waals surface area contributed by atoms with E-state index >= 15 is 0 Å². The average molecular weight is 480 g/mol. The van der Waals surface area contributed by atoms with Gasteiger partial charge in [0.05, 0.1) is 0 Å². The SMILES string of the molecule is CCO[Si](C)(OCC)C(F)(F)C(F)(F)C(F)(F)C(F)(F)C(F)(F)CCC(F)(F)F. The van der Waals surface area contributed by atoms with Crippen LogP contribution in [0.4, 0.5) is 57.1 Å². The monoisotopic (exact) mass is 480 g/mol. The molecule has 0 heterocycles. The first-order chi connectivity index (χ1) is 12.6. The van der Waals surface area contributed by atoms with Crippen LogP contribution >= 0.6 is 0 Å². The van der Waals surface area contributed by atoms with E-state index < -0.39 is 70.0 Å². The maximum Gasteiger partial charge on any atom is 0.419 e. The minimum Gasteiger partial charge on any atom is -0.391 e. The fourth-order valence-corrected chi connectivity index (χ4v) is 4.41. The summed E-state index contributed by atoms with van der Waals surface area (Å²) < 4.78 is 182. The lowest BCUT2D eigenvalue weighted by Gasteiger charge is -2.43. The molecule has 29 heavy (non-hydrogen) atoms. The van der Waals surface area contributed by atoms with Crippen LogP contribution in [0.5, 0.6) is 0 Å². The quantitative estimate of drug-likeness (QED) is 0.260. The summed E-state index contributed by atoms with van der Waals surface area (Å²) in [5, 5.41) is 0. The van der Waals surface area contributed by atoms with E-state index in [1.807, 2.05) is 0 Å². The minimum atomic E-state index is -7.47. The van der Waals surface area contributed by atoms with Crippen molar-refractivity contribution in [3.8, 4) is 0 Å². The molecular formula is C13H17F13O2Si. The Morgan fingerprint density at radius 3 is 1.28 bits per heavy atom. The topological polar surface area (TPSA) is 18.5 Å². The summed E-state index contributed by atoms with van der Waals surface area (Å²) in [7, 11) is -5.73. The van der Waals surface area contributed by atoms with Gasteiger partial charge < -0.3 is 8.85 Å². The number of hydrogen-bond donors (Lipinski definition) is 0. The molecule has 0 aliphatic rings. The summed E-state index contributed by atoms with van der Waals surface area (Å²) in [6, 6.07) is 0. The Hall–Kier alpha value is -0.773. The van der Waals surface area contributed by atoms with E-state index in [2.05, 4.69) is 8.85 Å². The smallest absolute Gasteiger partial charge is 0.391 e. The van der Waals surface area contributed by atoms with Crippen molar-refractivity contribution in [3.05, 3.63) is 0 Å². The molecule has 0 aromatic heterocycles. The first kappa shape index (κ1) is 28.2. The summed E-state index contributed by atoms with van der Waals surface area (Å²) in [6.07, 6.45) is -11.3. The molecule has 0 bridgehead atoms. The van der Waals surface area contributed by atoms with Gasteiger partial charge in [-0.3, -0.25) is 0 Å². The molecule has 0 rings (SSSR count). The highest BCUT2D eigenvalue weighted by Crippen LogP contribution is 2.59. The van der Waals surface area contributed by atoms with Gasteiger partial charge in [0.2, 0.25) is 0 Å². The molecule has 0 aliphatic heterocycles. The summed E-state index contributed by atoms with van der Waals surface area (Å²) >= 11 is 0. The molecule has 176 valence electrons. The summed E-state index contributed by atoms with van der Waals surface area (Å²) in [4.78, 5) is 0. The Balaban J connectivity index is 6.28. The molecule has 0 saturated carbocycles. The van der Waals surface area contributed by atoms with Crippen molar-refractivity contribution in [1.82, 2.24) is 0 Å². The molecule has 0 saturated heterocycles. The zero-order valence-electron chi connectivity index (χ0n) is 15.1. The number of rotatable bonds is 11. The number of halogens is 13. The van der Waals surface area contributed by atoms with Gasteiger partial charge in [0.15, 0.2) is 0 Å². The van der Waals surface area contributed by atoms with Gasteiger partial charge in [-0.25, -0.2) is 0 Å². The van der Waals surface area contributed by atoms with Crippen molar-refractivity contribution in [2.75, 3.05) is 13.2 Å². The molecule has 0 radical (unpaired) electrons. The van der Waals surface area contributed by atoms with E-state index in [9.17, 15) is 57.1 Å². The largest absolute Gasteiger partial charge is 0.419 e. The molecule has 0 spiro atoms. The Kier molecular flexibility index (Phi) is 8.17. The standard InChI is InChI=1S/C13H17F13O2Si/c1-4-27-29(3,28-5-2)13(25,26)12(23,24)11(21,22)10(19,20)8(14,15)6-7-9(16,17)18/h4-7H2,1-3H3. The third kappa shape index (κ3) is 4.94. The van der Waals surface area contributed by atoms with Crippen LogP contribution in [0.15, 0.2) is 0 Å². The molecule has 0 fully saturated rings. The molecule has 0 amide bonds. The third-order valence-corrected chi connectivity index (χ3v) is 6.91. The second-order valence-corrected chi connectivity index (χ2v) is 9.03. The fourth-order valence-electron chi connectivity index (χ4n) is 2.14. The van der Waals surface area contributed by atoms with E-state index in [1.165, 1.54) is 0 Å². The van der Waals surface area contributed by atoms with E-state index in [0.29, 0.717) is 0 Å². The Labute approximate surface area is 157 Å². The lowest BCUT2D eigenvalue weighted by molar-refractivity contribution is -0.395. The van der Waals surface area contributed by atoms with Crippen LogP contribution in [-0.4, -0.2) is 57.2 Å². The Morgan fingerprint density at radius 2 is 0.966 bits per heavy atom. The Bertz CT molecular complexity index is 541. The maximum absolute atomic E-state index is 14.2. The van der Waals surface area contributed by atoms with Crippen molar-refractivity contribution in [2.45, 2.75) is 68.6 Å².